The lowest BCUT2D eigenvalue weighted by atomic mass is 9.71. The maximum atomic E-state index is 13.3. The highest BCUT2D eigenvalue weighted by molar-refractivity contribution is 6.32. The maximum Gasteiger partial charge on any atom is 0.417 e. The highest BCUT2D eigenvalue weighted by Crippen LogP contribution is 2.40. The van der Waals surface area contributed by atoms with Crippen LogP contribution < -0.4 is 5.32 Å². The molecule has 1 heterocycles. The fourth-order valence-electron chi connectivity index (χ4n) is 4.22. The molecule has 198 valence electrons. The molecule has 0 saturated carbocycles. The monoisotopic (exact) mass is 553 g/mol. The van der Waals surface area contributed by atoms with Gasteiger partial charge in [-0.2, -0.15) is 31.4 Å². The molecule has 38 heavy (non-hydrogen) atoms. The van der Waals surface area contributed by atoms with Gasteiger partial charge < -0.3 is 5.32 Å². The second kappa shape index (κ2) is 9.79. The van der Waals surface area contributed by atoms with E-state index in [2.05, 4.69) is 10.4 Å². The normalized spacial score (nSPS) is 17.8. The van der Waals surface area contributed by atoms with E-state index in [1.54, 1.807) is 30.3 Å². The van der Waals surface area contributed by atoms with Crippen LogP contribution in [-0.4, -0.2) is 29.1 Å². The number of carbonyl (C=O) groups excluding carboxylic acids is 2. The molecule has 0 aliphatic carbocycles. The van der Waals surface area contributed by atoms with E-state index >= 15 is 0 Å². The van der Waals surface area contributed by atoms with Gasteiger partial charge in [-0.15, -0.1) is 0 Å². The van der Waals surface area contributed by atoms with Gasteiger partial charge in [0.05, 0.1) is 28.4 Å². The number of rotatable bonds is 4. The van der Waals surface area contributed by atoms with E-state index in [4.69, 9.17) is 11.6 Å². The van der Waals surface area contributed by atoms with Gasteiger partial charge in [0, 0.05) is 11.3 Å². The molecule has 1 aliphatic heterocycles. The number of Topliss-reactive ketones (excluding diaryl/α,β-unsaturated/α-hetero) is 1. The second-order valence-electron chi connectivity index (χ2n) is 8.53. The van der Waals surface area contributed by atoms with Crippen molar-refractivity contribution in [1.82, 2.24) is 5.01 Å². The molecule has 1 aliphatic rings. The number of alkyl halides is 6. The number of ketones is 1. The minimum absolute atomic E-state index is 0.00519. The van der Waals surface area contributed by atoms with Crippen molar-refractivity contribution in [2.45, 2.75) is 24.7 Å². The van der Waals surface area contributed by atoms with Gasteiger partial charge >= 0.3 is 18.4 Å². The molecule has 12 heteroatoms. The molecule has 5 nitrogen and oxygen atoms in total. The van der Waals surface area contributed by atoms with Crippen LogP contribution in [0.2, 0.25) is 5.02 Å². The van der Waals surface area contributed by atoms with E-state index in [1.807, 2.05) is 0 Å². The number of carbonyl (C=O) groups is 2. The highest BCUT2D eigenvalue weighted by Gasteiger charge is 2.50. The van der Waals surface area contributed by atoms with Crippen LogP contribution >= 0.6 is 11.6 Å². The molecule has 0 fully saturated rings. The van der Waals surface area contributed by atoms with Crippen molar-refractivity contribution in [3.63, 3.8) is 0 Å². The first-order chi connectivity index (χ1) is 17.7. The molecule has 1 unspecified atom stereocenters. The predicted octanol–water partition coefficient (Wildman–Crippen LogP) is 7.16. The summed E-state index contributed by atoms with van der Waals surface area (Å²) in [6.45, 7) is 0.957. The molecule has 2 amide bonds. The van der Waals surface area contributed by atoms with Crippen LogP contribution in [0.3, 0.4) is 0 Å². The van der Waals surface area contributed by atoms with Gasteiger partial charge in [-0.25, -0.2) is 9.80 Å². The van der Waals surface area contributed by atoms with Crippen LogP contribution in [-0.2, 0) is 22.6 Å². The summed E-state index contributed by atoms with van der Waals surface area (Å²) in [5.74, 6) is -0.441. The Bertz CT molecular complexity index is 1410. The molecule has 0 saturated heterocycles. The van der Waals surface area contributed by atoms with Crippen molar-refractivity contribution in [2.24, 2.45) is 5.10 Å². The molecule has 1 N–H and O–H groups in total. The molecule has 0 bridgehead atoms. The van der Waals surface area contributed by atoms with Crippen LogP contribution in [0.4, 0.5) is 36.8 Å². The van der Waals surface area contributed by atoms with E-state index in [-0.39, 0.29) is 23.5 Å². The Morgan fingerprint density at radius 1 is 0.921 bits per heavy atom. The summed E-state index contributed by atoms with van der Waals surface area (Å²) in [6.07, 6.45) is -9.27. The van der Waals surface area contributed by atoms with Crippen molar-refractivity contribution in [2.75, 3.05) is 11.9 Å². The number of nitrogens with one attached hydrogen (secondary N) is 1. The Labute approximate surface area is 217 Å². The average molecular weight is 554 g/mol. The maximum absolute atomic E-state index is 13.3. The van der Waals surface area contributed by atoms with Gasteiger partial charge in [0.15, 0.2) is 0 Å². The largest absolute Gasteiger partial charge is 0.417 e. The van der Waals surface area contributed by atoms with E-state index in [0.717, 1.165) is 47.5 Å². The van der Waals surface area contributed by atoms with Crippen molar-refractivity contribution in [3.8, 4) is 0 Å². The highest BCUT2D eigenvalue weighted by atomic mass is 35.5. The number of nitrogens with zero attached hydrogens (tertiary/aromatic N) is 2. The third kappa shape index (κ3) is 5.10. The lowest BCUT2D eigenvalue weighted by Crippen LogP contribution is -2.46. The number of amides is 2. The smallest absolute Gasteiger partial charge is 0.306 e. The number of halogens is 7. The number of urea groups is 1. The summed E-state index contributed by atoms with van der Waals surface area (Å²) in [6, 6.07) is 14.0. The van der Waals surface area contributed by atoms with Gasteiger partial charge in [-0.05, 0) is 48.9 Å². The van der Waals surface area contributed by atoms with Crippen molar-refractivity contribution >= 4 is 34.8 Å². The molecule has 3 aromatic rings. The Hall–Kier alpha value is -3.86. The van der Waals surface area contributed by atoms with E-state index in [9.17, 15) is 35.9 Å². The lowest BCUT2D eigenvalue weighted by molar-refractivity contribution is -0.138. The average Bonchev–Trinajstić information content (AvgIpc) is 3.26. The minimum atomic E-state index is -4.71. The number of hydrazone groups is 1. The number of hydrogen-bond acceptors (Lipinski definition) is 3. The third-order valence-corrected chi connectivity index (χ3v) is 6.44. The zero-order valence-corrected chi connectivity index (χ0v) is 20.2. The minimum Gasteiger partial charge on any atom is -0.306 e. The Kier molecular flexibility index (Phi) is 7.00. The number of anilines is 1. The van der Waals surface area contributed by atoms with E-state index < -0.39 is 45.7 Å². The fraction of sp³-hybridized carbons (Fsp3) is 0.192. The standard InChI is InChI=1S/C26H18ClF6N3O2/c1-15(37)24(17-5-3-2-4-6-17)14-36(23(38)34-19-10-8-18(9-11-19)25(28,29)30)35-22(24)16-7-12-20(21(27)13-16)26(31,32)33/h2-13H,14H2,1H3,(H,34,38). The summed E-state index contributed by atoms with van der Waals surface area (Å²) in [7, 11) is 0. The second-order valence-corrected chi connectivity index (χ2v) is 8.94. The van der Waals surface area contributed by atoms with Gasteiger partial charge in [-0.1, -0.05) is 48.0 Å². The van der Waals surface area contributed by atoms with Gasteiger partial charge in [-0.3, -0.25) is 4.79 Å². The first kappa shape index (κ1) is 27.2. The zero-order chi connectivity index (χ0) is 27.9. The first-order valence-corrected chi connectivity index (χ1v) is 11.4. The lowest BCUT2D eigenvalue weighted by Gasteiger charge is -2.29. The topological polar surface area (TPSA) is 61.8 Å². The van der Waals surface area contributed by atoms with Crippen LogP contribution in [0.1, 0.15) is 29.2 Å². The molecule has 0 radical (unpaired) electrons. The number of benzene rings is 3. The summed E-state index contributed by atoms with van der Waals surface area (Å²) in [5.41, 5.74) is -2.98. The van der Waals surface area contributed by atoms with Crippen LogP contribution in [0.5, 0.6) is 0 Å². The molecular formula is C26H18ClF6N3O2. The van der Waals surface area contributed by atoms with Crippen LogP contribution in [0, 0.1) is 0 Å². The summed E-state index contributed by atoms with van der Waals surface area (Å²) >= 11 is 5.93. The van der Waals surface area contributed by atoms with E-state index in [0.29, 0.717) is 5.56 Å². The molecule has 1 atom stereocenters. The summed E-state index contributed by atoms with van der Waals surface area (Å²) in [5, 5.41) is 7.02. The Morgan fingerprint density at radius 3 is 2.08 bits per heavy atom. The van der Waals surface area contributed by atoms with Crippen molar-refractivity contribution in [1.29, 1.82) is 0 Å². The van der Waals surface area contributed by atoms with Gasteiger partial charge in [0.1, 0.15) is 11.2 Å². The Morgan fingerprint density at radius 2 is 1.55 bits per heavy atom. The molecule has 3 aromatic carbocycles. The van der Waals surface area contributed by atoms with Crippen LogP contribution in [0.15, 0.2) is 77.9 Å². The summed E-state index contributed by atoms with van der Waals surface area (Å²) in [4.78, 5) is 26.2. The first-order valence-electron chi connectivity index (χ1n) is 11.0. The number of hydrogen-bond donors (Lipinski definition) is 1. The molecular weight excluding hydrogens is 536 g/mol. The Balaban J connectivity index is 1.76. The zero-order valence-electron chi connectivity index (χ0n) is 19.5. The predicted molar refractivity (Wildman–Crippen MR) is 129 cm³/mol. The van der Waals surface area contributed by atoms with Crippen LogP contribution in [0.25, 0.3) is 0 Å². The summed E-state index contributed by atoms with van der Waals surface area (Å²) < 4.78 is 78.4. The van der Waals surface area contributed by atoms with Crippen molar-refractivity contribution in [3.05, 3.63) is 100 Å². The van der Waals surface area contributed by atoms with Gasteiger partial charge in [0.25, 0.3) is 0 Å². The van der Waals surface area contributed by atoms with Crippen molar-refractivity contribution < 1.29 is 35.9 Å². The molecule has 4 rings (SSSR count). The SMILES string of the molecule is CC(=O)C1(c2ccccc2)CN(C(=O)Nc2ccc(C(F)(F)F)cc2)N=C1c1ccc(C(F)(F)F)c(Cl)c1. The molecule has 0 aromatic heterocycles. The molecule has 0 spiro atoms. The quantitative estimate of drug-likeness (QED) is 0.349. The fourth-order valence-corrected chi connectivity index (χ4v) is 4.50. The van der Waals surface area contributed by atoms with Gasteiger partial charge in [0.2, 0.25) is 0 Å². The van der Waals surface area contributed by atoms with E-state index in [1.165, 1.54) is 6.92 Å². The third-order valence-electron chi connectivity index (χ3n) is 6.13.